The molecule has 5 rings (SSSR count). The number of carbonyl (C=O) groups excluding carboxylic acids is 2. The van der Waals surface area contributed by atoms with Gasteiger partial charge in [-0.2, -0.15) is 0 Å². The molecular formula is C22H32O4. The van der Waals surface area contributed by atoms with Crippen molar-refractivity contribution in [3.05, 3.63) is 0 Å². The van der Waals surface area contributed by atoms with Crippen molar-refractivity contribution >= 4 is 11.6 Å². The molecule has 5 aliphatic rings. The van der Waals surface area contributed by atoms with Crippen LogP contribution in [0.3, 0.4) is 0 Å². The minimum Gasteiger partial charge on any atom is -0.348 e. The first-order chi connectivity index (χ1) is 12.4. The molecule has 5 fully saturated rings. The van der Waals surface area contributed by atoms with Gasteiger partial charge in [0.1, 0.15) is 11.6 Å². The molecule has 0 aromatic heterocycles. The molecule has 1 saturated heterocycles. The van der Waals surface area contributed by atoms with E-state index in [0.29, 0.717) is 54.0 Å². The Kier molecular flexibility index (Phi) is 3.92. The summed E-state index contributed by atoms with van der Waals surface area (Å²) in [5.41, 5.74) is -0.369. The van der Waals surface area contributed by atoms with Crippen LogP contribution in [0, 0.1) is 40.9 Å². The van der Waals surface area contributed by atoms with E-state index < -0.39 is 0 Å². The van der Waals surface area contributed by atoms with Gasteiger partial charge in [0, 0.05) is 37.0 Å². The summed E-state index contributed by atoms with van der Waals surface area (Å²) in [6, 6.07) is 0. The monoisotopic (exact) mass is 360 g/mol. The standard InChI is InChI=1S/C22H32O4/c1-13-15-7-8-22(25-9-10-26-22)11-14(15)3-4-16-17-5-6-19(24)21(17,2)12-18(23)20(13)16/h13-17,20H,3-12H2,1-2H3. The fourth-order valence-corrected chi connectivity index (χ4v) is 7.76. The number of ether oxygens (including phenoxy) is 2. The third-order valence-corrected chi connectivity index (χ3v) is 8.99. The number of fused-ring (bicyclic) bond motifs is 4. The molecule has 26 heavy (non-hydrogen) atoms. The Morgan fingerprint density at radius 1 is 1.00 bits per heavy atom. The lowest BCUT2D eigenvalue weighted by molar-refractivity contribution is -0.198. The normalized spacial score (nSPS) is 50.2. The Bertz CT molecular complexity index is 622. The van der Waals surface area contributed by atoms with E-state index in [9.17, 15) is 9.59 Å². The SMILES string of the molecule is CC1C2CCC3(CC2CCC2C1C(=O)CC1(C)C(=O)CCC21)OCCO3. The first-order valence-electron chi connectivity index (χ1n) is 10.8. The van der Waals surface area contributed by atoms with Crippen LogP contribution in [-0.4, -0.2) is 30.6 Å². The van der Waals surface area contributed by atoms with E-state index in [-0.39, 0.29) is 17.1 Å². The van der Waals surface area contributed by atoms with Crippen molar-refractivity contribution in [2.75, 3.05) is 13.2 Å². The van der Waals surface area contributed by atoms with E-state index in [1.165, 1.54) is 6.42 Å². The van der Waals surface area contributed by atoms with Gasteiger partial charge in [-0.25, -0.2) is 0 Å². The van der Waals surface area contributed by atoms with Crippen molar-refractivity contribution in [3.8, 4) is 0 Å². The van der Waals surface area contributed by atoms with Gasteiger partial charge in [-0.3, -0.25) is 9.59 Å². The number of ketones is 2. The smallest absolute Gasteiger partial charge is 0.168 e. The summed E-state index contributed by atoms with van der Waals surface area (Å²) >= 11 is 0. The first-order valence-corrected chi connectivity index (χ1v) is 10.8. The molecule has 1 spiro atoms. The molecule has 7 atom stereocenters. The van der Waals surface area contributed by atoms with Crippen molar-refractivity contribution in [3.63, 3.8) is 0 Å². The second-order valence-corrected chi connectivity index (χ2v) is 10.0. The van der Waals surface area contributed by atoms with E-state index in [2.05, 4.69) is 13.8 Å². The van der Waals surface area contributed by atoms with Crippen LogP contribution in [0.15, 0.2) is 0 Å². The summed E-state index contributed by atoms with van der Waals surface area (Å²) in [4.78, 5) is 25.8. The molecular weight excluding hydrogens is 328 g/mol. The highest BCUT2D eigenvalue weighted by Gasteiger charge is 2.60. The average Bonchev–Trinajstić information content (AvgIpc) is 3.12. The van der Waals surface area contributed by atoms with Gasteiger partial charge < -0.3 is 9.47 Å². The second-order valence-electron chi connectivity index (χ2n) is 10.0. The van der Waals surface area contributed by atoms with Crippen molar-refractivity contribution in [1.82, 2.24) is 0 Å². The maximum atomic E-state index is 13.2. The van der Waals surface area contributed by atoms with E-state index in [0.717, 1.165) is 45.3 Å². The summed E-state index contributed by atoms with van der Waals surface area (Å²) in [7, 11) is 0. The quantitative estimate of drug-likeness (QED) is 0.660. The first kappa shape index (κ1) is 17.4. The van der Waals surface area contributed by atoms with Crippen molar-refractivity contribution in [2.24, 2.45) is 40.9 Å². The Balaban J connectivity index is 1.44. The topological polar surface area (TPSA) is 52.6 Å². The van der Waals surface area contributed by atoms with Crippen molar-refractivity contribution in [1.29, 1.82) is 0 Å². The van der Waals surface area contributed by atoms with Gasteiger partial charge >= 0.3 is 0 Å². The Morgan fingerprint density at radius 3 is 2.54 bits per heavy atom. The highest BCUT2D eigenvalue weighted by Crippen LogP contribution is 2.60. The van der Waals surface area contributed by atoms with Crippen LogP contribution in [0.5, 0.6) is 0 Å². The van der Waals surface area contributed by atoms with Gasteiger partial charge in [0.15, 0.2) is 5.79 Å². The van der Waals surface area contributed by atoms with Gasteiger partial charge in [0.05, 0.1) is 13.2 Å². The van der Waals surface area contributed by atoms with Crippen LogP contribution in [0.1, 0.15) is 65.2 Å². The molecule has 144 valence electrons. The van der Waals surface area contributed by atoms with Crippen LogP contribution in [-0.2, 0) is 19.1 Å². The lowest BCUT2D eigenvalue weighted by Gasteiger charge is -2.47. The van der Waals surface area contributed by atoms with Crippen LogP contribution < -0.4 is 0 Å². The Hall–Kier alpha value is -0.740. The lowest BCUT2D eigenvalue weighted by atomic mass is 9.56. The molecule has 4 aliphatic carbocycles. The lowest BCUT2D eigenvalue weighted by Crippen LogP contribution is -2.49. The maximum absolute atomic E-state index is 13.2. The summed E-state index contributed by atoms with van der Waals surface area (Å²) in [6.45, 7) is 5.85. The molecule has 0 N–H and O–H groups in total. The Labute approximate surface area is 156 Å². The number of hydrogen-bond acceptors (Lipinski definition) is 4. The summed E-state index contributed by atoms with van der Waals surface area (Å²) in [6.07, 6.45) is 7.54. The zero-order valence-electron chi connectivity index (χ0n) is 16.2. The van der Waals surface area contributed by atoms with Gasteiger partial charge in [-0.15, -0.1) is 0 Å². The van der Waals surface area contributed by atoms with E-state index in [4.69, 9.17) is 9.47 Å². The zero-order chi connectivity index (χ0) is 18.1. The van der Waals surface area contributed by atoms with Crippen LogP contribution >= 0.6 is 0 Å². The predicted molar refractivity (Wildman–Crippen MR) is 96.3 cm³/mol. The number of carbonyl (C=O) groups is 2. The molecule has 4 saturated carbocycles. The predicted octanol–water partition coefficient (Wildman–Crippen LogP) is 3.77. The third-order valence-electron chi connectivity index (χ3n) is 8.99. The summed E-state index contributed by atoms with van der Waals surface area (Å²) in [5, 5.41) is 0. The number of rotatable bonds is 0. The highest BCUT2D eigenvalue weighted by atomic mass is 16.7. The van der Waals surface area contributed by atoms with E-state index in [1.54, 1.807) is 0 Å². The average molecular weight is 360 g/mol. The van der Waals surface area contributed by atoms with Crippen LogP contribution in [0.4, 0.5) is 0 Å². The maximum Gasteiger partial charge on any atom is 0.168 e. The molecule has 0 bridgehead atoms. The van der Waals surface area contributed by atoms with Gasteiger partial charge in [0.25, 0.3) is 0 Å². The molecule has 4 heteroatoms. The van der Waals surface area contributed by atoms with Crippen molar-refractivity contribution < 1.29 is 19.1 Å². The zero-order valence-corrected chi connectivity index (χ0v) is 16.2. The van der Waals surface area contributed by atoms with Gasteiger partial charge in [0.2, 0.25) is 0 Å². The van der Waals surface area contributed by atoms with E-state index >= 15 is 0 Å². The minimum absolute atomic E-state index is 0.174. The largest absolute Gasteiger partial charge is 0.348 e. The van der Waals surface area contributed by atoms with Gasteiger partial charge in [-0.05, 0) is 55.3 Å². The number of Topliss-reactive ketones (excluding diaryl/α,β-unsaturated/α-hetero) is 2. The highest BCUT2D eigenvalue weighted by molar-refractivity contribution is 5.95. The number of hydrogen-bond donors (Lipinski definition) is 0. The fraction of sp³-hybridized carbons (Fsp3) is 0.909. The molecule has 1 aliphatic heterocycles. The molecule has 0 aromatic rings. The fourth-order valence-electron chi connectivity index (χ4n) is 7.76. The minimum atomic E-state index is -0.369. The molecule has 0 radical (unpaired) electrons. The molecule has 0 aromatic carbocycles. The second kappa shape index (κ2) is 5.88. The summed E-state index contributed by atoms with van der Waals surface area (Å²) in [5.74, 6) is 3.03. The Morgan fingerprint density at radius 2 is 1.77 bits per heavy atom. The molecule has 7 unspecified atom stereocenters. The van der Waals surface area contributed by atoms with E-state index in [1.807, 2.05) is 0 Å². The summed E-state index contributed by atoms with van der Waals surface area (Å²) < 4.78 is 12.0. The van der Waals surface area contributed by atoms with Crippen molar-refractivity contribution in [2.45, 2.75) is 71.0 Å². The van der Waals surface area contributed by atoms with Crippen LogP contribution in [0.25, 0.3) is 0 Å². The molecule has 4 nitrogen and oxygen atoms in total. The van der Waals surface area contributed by atoms with Crippen LogP contribution in [0.2, 0.25) is 0 Å². The van der Waals surface area contributed by atoms with Gasteiger partial charge in [-0.1, -0.05) is 13.8 Å². The molecule has 0 amide bonds. The molecule has 1 heterocycles. The third kappa shape index (κ3) is 2.33.